The number of carbonyl (C=O) groups is 1. The summed E-state index contributed by atoms with van der Waals surface area (Å²) in [5.74, 6) is -1.28. The average molecular weight is 163 g/mol. The fourth-order valence-electron chi connectivity index (χ4n) is 0.913. The standard InChI is InChI=1S/C5H9NO5/c6-1-2(7)5(10)11-3(1)4(8)9/h1-3,5,7,10H,6H2,(H,8,9)/t1-,2-,3+,5?/m1/s1. The highest BCUT2D eigenvalue weighted by Gasteiger charge is 2.44. The van der Waals surface area contributed by atoms with E-state index in [1.165, 1.54) is 0 Å². The van der Waals surface area contributed by atoms with E-state index in [1.54, 1.807) is 0 Å². The minimum Gasteiger partial charge on any atom is -0.479 e. The van der Waals surface area contributed by atoms with Crippen LogP contribution in [0.1, 0.15) is 0 Å². The lowest BCUT2D eigenvalue weighted by atomic mass is 10.1. The van der Waals surface area contributed by atoms with E-state index in [-0.39, 0.29) is 0 Å². The molecule has 1 saturated heterocycles. The topological polar surface area (TPSA) is 113 Å². The molecule has 0 radical (unpaired) electrons. The molecule has 1 aliphatic rings. The van der Waals surface area contributed by atoms with E-state index in [2.05, 4.69) is 4.74 Å². The van der Waals surface area contributed by atoms with Gasteiger partial charge in [-0.1, -0.05) is 0 Å². The largest absolute Gasteiger partial charge is 0.479 e. The van der Waals surface area contributed by atoms with Gasteiger partial charge in [-0.15, -0.1) is 0 Å². The first-order valence-corrected chi connectivity index (χ1v) is 3.04. The molecule has 6 nitrogen and oxygen atoms in total. The van der Waals surface area contributed by atoms with E-state index in [0.717, 1.165) is 0 Å². The molecule has 0 saturated carbocycles. The zero-order valence-corrected chi connectivity index (χ0v) is 5.54. The maximum atomic E-state index is 10.3. The number of aliphatic hydroxyl groups is 2. The van der Waals surface area contributed by atoms with Crippen molar-refractivity contribution in [3.8, 4) is 0 Å². The Balaban J connectivity index is 2.67. The van der Waals surface area contributed by atoms with Crippen LogP contribution in [-0.4, -0.2) is 45.8 Å². The second kappa shape index (κ2) is 2.74. The monoisotopic (exact) mass is 163 g/mol. The molecule has 0 aromatic carbocycles. The molecule has 1 unspecified atom stereocenters. The van der Waals surface area contributed by atoms with Crippen molar-refractivity contribution in [1.82, 2.24) is 0 Å². The van der Waals surface area contributed by atoms with E-state index in [9.17, 15) is 4.79 Å². The number of hydrogen-bond donors (Lipinski definition) is 4. The second-order valence-corrected chi connectivity index (χ2v) is 2.35. The van der Waals surface area contributed by atoms with Gasteiger partial charge in [0.05, 0.1) is 6.04 Å². The molecule has 0 spiro atoms. The van der Waals surface area contributed by atoms with E-state index in [4.69, 9.17) is 21.1 Å². The van der Waals surface area contributed by atoms with Crippen LogP contribution in [0.15, 0.2) is 0 Å². The third-order valence-corrected chi connectivity index (χ3v) is 1.57. The summed E-state index contributed by atoms with van der Waals surface area (Å²) in [6.45, 7) is 0. The molecule has 0 amide bonds. The van der Waals surface area contributed by atoms with E-state index in [1.807, 2.05) is 0 Å². The molecular formula is C5H9NO5. The Bertz CT molecular complexity index is 172. The lowest BCUT2D eigenvalue weighted by Crippen LogP contribution is -2.43. The number of aliphatic carboxylic acids is 1. The summed E-state index contributed by atoms with van der Waals surface area (Å²) in [7, 11) is 0. The van der Waals surface area contributed by atoms with Crippen molar-refractivity contribution in [1.29, 1.82) is 0 Å². The van der Waals surface area contributed by atoms with Crippen LogP contribution in [0, 0.1) is 0 Å². The van der Waals surface area contributed by atoms with Crippen LogP contribution in [0.4, 0.5) is 0 Å². The number of rotatable bonds is 1. The van der Waals surface area contributed by atoms with Gasteiger partial charge in [0.1, 0.15) is 6.10 Å². The number of ether oxygens (including phenoxy) is 1. The Morgan fingerprint density at radius 3 is 2.18 bits per heavy atom. The molecule has 4 atom stereocenters. The quantitative estimate of drug-likeness (QED) is 0.339. The molecule has 1 heterocycles. The summed E-state index contributed by atoms with van der Waals surface area (Å²) < 4.78 is 4.43. The van der Waals surface area contributed by atoms with Gasteiger partial charge in [0.25, 0.3) is 0 Å². The van der Waals surface area contributed by atoms with Crippen molar-refractivity contribution in [3.05, 3.63) is 0 Å². The first kappa shape index (κ1) is 8.41. The molecule has 11 heavy (non-hydrogen) atoms. The minimum atomic E-state index is -1.49. The van der Waals surface area contributed by atoms with Gasteiger partial charge in [0, 0.05) is 0 Å². The van der Waals surface area contributed by atoms with Gasteiger partial charge >= 0.3 is 5.97 Å². The fraction of sp³-hybridized carbons (Fsp3) is 0.800. The Labute approximate surface area is 62.2 Å². The Hall–Kier alpha value is -0.690. The van der Waals surface area contributed by atoms with Gasteiger partial charge in [-0.2, -0.15) is 0 Å². The number of hydrogen-bond acceptors (Lipinski definition) is 5. The summed E-state index contributed by atoms with van der Waals surface area (Å²) in [5.41, 5.74) is 5.20. The first-order chi connectivity index (χ1) is 5.04. The third kappa shape index (κ3) is 1.33. The second-order valence-electron chi connectivity index (χ2n) is 2.35. The predicted molar refractivity (Wildman–Crippen MR) is 32.5 cm³/mol. The normalized spacial score (nSPS) is 44.3. The lowest BCUT2D eigenvalue weighted by molar-refractivity contribution is -0.164. The molecule has 6 heteroatoms. The van der Waals surface area contributed by atoms with Gasteiger partial charge in [-0.25, -0.2) is 4.79 Å². The van der Waals surface area contributed by atoms with E-state index in [0.29, 0.717) is 0 Å². The van der Waals surface area contributed by atoms with Crippen LogP contribution in [0.25, 0.3) is 0 Å². The van der Waals surface area contributed by atoms with Crippen LogP contribution < -0.4 is 5.73 Å². The fourth-order valence-corrected chi connectivity index (χ4v) is 0.913. The highest BCUT2D eigenvalue weighted by molar-refractivity contribution is 5.73. The number of carboxylic acids is 1. The molecule has 1 fully saturated rings. The van der Waals surface area contributed by atoms with Crippen molar-refractivity contribution in [2.24, 2.45) is 5.73 Å². The molecule has 0 aliphatic carbocycles. The Morgan fingerprint density at radius 2 is 2.00 bits per heavy atom. The SMILES string of the molecule is N[C@H]1[C@@H](C(=O)O)OC(O)[C@@H]1O. The van der Waals surface area contributed by atoms with Crippen LogP contribution >= 0.6 is 0 Å². The molecule has 0 aromatic rings. The van der Waals surface area contributed by atoms with Gasteiger partial charge in [0.2, 0.25) is 0 Å². The summed E-state index contributed by atoms with van der Waals surface area (Å²) >= 11 is 0. The molecule has 5 N–H and O–H groups in total. The van der Waals surface area contributed by atoms with Crippen LogP contribution in [-0.2, 0) is 9.53 Å². The highest BCUT2D eigenvalue weighted by Crippen LogP contribution is 2.17. The summed E-state index contributed by atoms with van der Waals surface area (Å²) in [6, 6.07) is -1.07. The molecule has 0 aromatic heterocycles. The Kier molecular flexibility index (Phi) is 2.10. The van der Waals surface area contributed by atoms with Crippen molar-refractivity contribution in [2.75, 3.05) is 0 Å². The highest BCUT2D eigenvalue weighted by atomic mass is 16.6. The average Bonchev–Trinajstić information content (AvgIpc) is 2.17. The van der Waals surface area contributed by atoms with Gasteiger partial charge in [-0.05, 0) is 0 Å². The Morgan fingerprint density at radius 1 is 1.45 bits per heavy atom. The minimum absolute atomic E-state index is 1.07. The van der Waals surface area contributed by atoms with Crippen molar-refractivity contribution in [2.45, 2.75) is 24.5 Å². The van der Waals surface area contributed by atoms with Gasteiger partial charge in [-0.3, -0.25) is 0 Å². The summed E-state index contributed by atoms with van der Waals surface area (Å²) in [6.07, 6.45) is -4.14. The van der Waals surface area contributed by atoms with Gasteiger partial charge < -0.3 is 25.8 Å². The zero-order valence-electron chi connectivity index (χ0n) is 5.54. The summed E-state index contributed by atoms with van der Waals surface area (Å²) in [5, 5.41) is 26.1. The lowest BCUT2D eigenvalue weighted by Gasteiger charge is -2.09. The predicted octanol–water partition coefficient (Wildman–Crippen LogP) is -2.52. The molecule has 0 bridgehead atoms. The zero-order chi connectivity index (χ0) is 8.59. The molecular weight excluding hydrogens is 154 g/mol. The van der Waals surface area contributed by atoms with Crippen molar-refractivity contribution < 1.29 is 24.9 Å². The molecule has 1 rings (SSSR count). The van der Waals surface area contributed by atoms with Crippen molar-refractivity contribution in [3.63, 3.8) is 0 Å². The smallest absolute Gasteiger partial charge is 0.334 e. The van der Waals surface area contributed by atoms with E-state index < -0.39 is 30.5 Å². The number of nitrogens with two attached hydrogens (primary N) is 1. The maximum Gasteiger partial charge on any atom is 0.334 e. The van der Waals surface area contributed by atoms with Crippen LogP contribution in [0.2, 0.25) is 0 Å². The van der Waals surface area contributed by atoms with Crippen LogP contribution in [0.5, 0.6) is 0 Å². The van der Waals surface area contributed by atoms with Gasteiger partial charge in [0.15, 0.2) is 12.4 Å². The molecule has 1 aliphatic heterocycles. The number of carboxylic acid groups (broad SMARTS) is 1. The maximum absolute atomic E-state index is 10.3. The third-order valence-electron chi connectivity index (χ3n) is 1.57. The van der Waals surface area contributed by atoms with E-state index >= 15 is 0 Å². The van der Waals surface area contributed by atoms with Crippen LogP contribution in [0.3, 0.4) is 0 Å². The molecule has 64 valence electrons. The van der Waals surface area contributed by atoms with Crippen molar-refractivity contribution >= 4 is 5.97 Å². The summed E-state index contributed by atoms with van der Waals surface area (Å²) in [4.78, 5) is 10.3. The first-order valence-electron chi connectivity index (χ1n) is 3.04. The number of aliphatic hydroxyl groups excluding tert-OH is 2.